The Bertz CT molecular complexity index is 723. The van der Waals surface area contributed by atoms with Gasteiger partial charge in [0.2, 0.25) is 0 Å². The molecule has 1 aromatic carbocycles. The molecule has 0 bridgehead atoms. The Kier molecular flexibility index (Phi) is 10.0. The molecule has 0 spiro atoms. The minimum absolute atomic E-state index is 0. The third-order valence-corrected chi connectivity index (χ3v) is 3.54. The first-order valence-electron chi connectivity index (χ1n) is 8.50. The Labute approximate surface area is 174 Å². The first-order valence-corrected chi connectivity index (χ1v) is 8.50. The lowest BCUT2D eigenvalue weighted by molar-refractivity contribution is -0.0504. The highest BCUT2D eigenvalue weighted by Gasteiger charge is 2.10. The van der Waals surface area contributed by atoms with E-state index in [4.69, 9.17) is 4.52 Å². The van der Waals surface area contributed by atoms with Gasteiger partial charge in [0.05, 0.1) is 18.8 Å². The molecule has 150 valence electrons. The van der Waals surface area contributed by atoms with Crippen LogP contribution in [0.1, 0.15) is 43.7 Å². The van der Waals surface area contributed by atoms with Crippen molar-refractivity contribution in [1.82, 2.24) is 15.8 Å². The van der Waals surface area contributed by atoms with Gasteiger partial charge >= 0.3 is 6.61 Å². The minimum Gasteiger partial charge on any atom is -0.434 e. The highest BCUT2D eigenvalue weighted by Crippen LogP contribution is 2.21. The first-order chi connectivity index (χ1) is 12.5. The number of hydrogen-bond acceptors (Lipinski definition) is 4. The van der Waals surface area contributed by atoms with E-state index in [9.17, 15) is 8.78 Å². The van der Waals surface area contributed by atoms with E-state index in [2.05, 4.69) is 25.5 Å². The molecule has 0 aliphatic heterocycles. The van der Waals surface area contributed by atoms with Gasteiger partial charge in [-0.1, -0.05) is 37.2 Å². The van der Waals surface area contributed by atoms with Crippen LogP contribution in [0.4, 0.5) is 8.78 Å². The molecular formula is C18H25F2IN4O2. The fourth-order valence-electron chi connectivity index (χ4n) is 2.21. The SMILES string of the molecule is CCNC(=NCc1ccccc1OC(F)F)NCc1cc(C(C)C)no1.I. The number of hydrogen-bond donors (Lipinski definition) is 2. The van der Waals surface area contributed by atoms with Crippen LogP contribution in [0.3, 0.4) is 0 Å². The number of rotatable bonds is 8. The van der Waals surface area contributed by atoms with Crippen molar-refractivity contribution in [2.45, 2.75) is 46.4 Å². The fourth-order valence-corrected chi connectivity index (χ4v) is 2.21. The maximum atomic E-state index is 12.5. The number of benzene rings is 1. The minimum atomic E-state index is -2.87. The summed E-state index contributed by atoms with van der Waals surface area (Å²) in [5.41, 5.74) is 1.47. The fraction of sp³-hybridized carbons (Fsp3) is 0.444. The van der Waals surface area contributed by atoms with Crippen molar-refractivity contribution < 1.29 is 18.0 Å². The van der Waals surface area contributed by atoms with Crippen LogP contribution in [-0.4, -0.2) is 24.3 Å². The van der Waals surface area contributed by atoms with Crippen molar-refractivity contribution in [2.24, 2.45) is 4.99 Å². The molecule has 27 heavy (non-hydrogen) atoms. The molecule has 0 fully saturated rings. The number of aromatic nitrogens is 1. The van der Waals surface area contributed by atoms with E-state index < -0.39 is 6.61 Å². The average molecular weight is 494 g/mol. The molecule has 0 aliphatic rings. The molecule has 2 aromatic rings. The Morgan fingerprint density at radius 1 is 1.26 bits per heavy atom. The van der Waals surface area contributed by atoms with Crippen LogP contribution in [0.15, 0.2) is 39.8 Å². The molecule has 0 saturated heterocycles. The second-order valence-electron chi connectivity index (χ2n) is 5.91. The number of ether oxygens (including phenoxy) is 1. The largest absolute Gasteiger partial charge is 0.434 e. The third kappa shape index (κ3) is 7.69. The summed E-state index contributed by atoms with van der Waals surface area (Å²) >= 11 is 0. The van der Waals surface area contributed by atoms with Crippen LogP contribution in [0.5, 0.6) is 5.75 Å². The molecule has 0 aliphatic carbocycles. The average Bonchev–Trinajstić information content (AvgIpc) is 3.07. The number of nitrogens with one attached hydrogen (secondary N) is 2. The lowest BCUT2D eigenvalue weighted by Gasteiger charge is -2.12. The summed E-state index contributed by atoms with van der Waals surface area (Å²) in [6.07, 6.45) is 0. The molecular weight excluding hydrogens is 469 g/mol. The standard InChI is InChI=1S/C18H24F2N4O2.HI/c1-4-21-18(23-11-14-9-15(12(2)3)24-26-14)22-10-13-7-5-6-8-16(13)25-17(19)20;/h5-9,12,17H,4,10-11H2,1-3H3,(H2,21,22,23);1H. The van der Waals surface area contributed by atoms with Gasteiger partial charge in [-0.3, -0.25) is 0 Å². The maximum Gasteiger partial charge on any atom is 0.387 e. The summed E-state index contributed by atoms with van der Waals surface area (Å²) in [7, 11) is 0. The smallest absolute Gasteiger partial charge is 0.387 e. The monoisotopic (exact) mass is 494 g/mol. The van der Waals surface area contributed by atoms with Crippen LogP contribution < -0.4 is 15.4 Å². The first kappa shape index (κ1) is 23.1. The van der Waals surface area contributed by atoms with Gasteiger partial charge in [-0.2, -0.15) is 8.78 Å². The van der Waals surface area contributed by atoms with Crippen molar-refractivity contribution in [3.63, 3.8) is 0 Å². The predicted octanol–water partition coefficient (Wildman–Crippen LogP) is 4.27. The Balaban J connectivity index is 0.00000364. The maximum absolute atomic E-state index is 12.5. The summed E-state index contributed by atoms with van der Waals surface area (Å²) in [5.74, 6) is 1.65. The number of guanidine groups is 1. The van der Waals surface area contributed by atoms with Gasteiger partial charge in [0.15, 0.2) is 11.7 Å². The molecule has 0 radical (unpaired) electrons. The van der Waals surface area contributed by atoms with Gasteiger partial charge in [-0.05, 0) is 18.9 Å². The van der Waals surface area contributed by atoms with E-state index in [1.54, 1.807) is 18.2 Å². The molecule has 0 saturated carbocycles. The summed E-state index contributed by atoms with van der Waals surface area (Å²) in [4.78, 5) is 4.42. The zero-order chi connectivity index (χ0) is 18.9. The Morgan fingerprint density at radius 2 is 2.00 bits per heavy atom. The number of nitrogens with zero attached hydrogens (tertiary/aromatic N) is 2. The quantitative estimate of drug-likeness (QED) is 0.326. The third-order valence-electron chi connectivity index (χ3n) is 3.54. The van der Waals surface area contributed by atoms with Crippen molar-refractivity contribution in [1.29, 1.82) is 0 Å². The summed E-state index contributed by atoms with van der Waals surface area (Å²) < 4.78 is 34.8. The Morgan fingerprint density at radius 3 is 2.63 bits per heavy atom. The van der Waals surface area contributed by atoms with E-state index in [0.717, 1.165) is 5.69 Å². The van der Waals surface area contributed by atoms with Crippen LogP contribution in [0.25, 0.3) is 0 Å². The lowest BCUT2D eigenvalue weighted by atomic mass is 10.1. The van der Waals surface area contributed by atoms with E-state index in [1.165, 1.54) is 6.07 Å². The van der Waals surface area contributed by atoms with Gasteiger partial charge in [0.25, 0.3) is 0 Å². The summed E-state index contributed by atoms with van der Waals surface area (Å²) in [5, 5.41) is 10.2. The van der Waals surface area contributed by atoms with E-state index in [0.29, 0.717) is 36.3 Å². The molecule has 0 amide bonds. The highest BCUT2D eigenvalue weighted by atomic mass is 127. The second kappa shape index (κ2) is 11.7. The zero-order valence-electron chi connectivity index (χ0n) is 15.5. The Hall–Kier alpha value is -1.91. The molecule has 0 unspecified atom stereocenters. The number of alkyl halides is 2. The van der Waals surface area contributed by atoms with Crippen LogP contribution >= 0.6 is 24.0 Å². The van der Waals surface area contributed by atoms with Crippen LogP contribution in [-0.2, 0) is 13.1 Å². The lowest BCUT2D eigenvalue weighted by Crippen LogP contribution is -2.36. The van der Waals surface area contributed by atoms with Crippen LogP contribution in [0, 0.1) is 0 Å². The van der Waals surface area contributed by atoms with Crippen LogP contribution in [0.2, 0.25) is 0 Å². The van der Waals surface area contributed by atoms with Crippen molar-refractivity contribution in [2.75, 3.05) is 6.54 Å². The van der Waals surface area contributed by atoms with Gasteiger partial charge in [-0.25, -0.2) is 4.99 Å². The molecule has 1 aromatic heterocycles. The topological polar surface area (TPSA) is 71.7 Å². The van der Waals surface area contributed by atoms with Gasteiger partial charge in [0.1, 0.15) is 5.75 Å². The van der Waals surface area contributed by atoms with E-state index >= 15 is 0 Å². The van der Waals surface area contributed by atoms with Crippen molar-refractivity contribution in [3.05, 3.63) is 47.3 Å². The van der Waals surface area contributed by atoms with Gasteiger partial charge < -0.3 is 19.9 Å². The number of aliphatic imine (C=N–C) groups is 1. The number of para-hydroxylation sites is 1. The van der Waals surface area contributed by atoms with E-state index in [1.807, 2.05) is 26.8 Å². The molecule has 0 atom stereocenters. The molecule has 6 nitrogen and oxygen atoms in total. The molecule has 1 heterocycles. The second-order valence-corrected chi connectivity index (χ2v) is 5.91. The van der Waals surface area contributed by atoms with Gasteiger partial charge in [-0.15, -0.1) is 24.0 Å². The van der Waals surface area contributed by atoms with Crippen molar-refractivity contribution in [3.8, 4) is 5.75 Å². The number of halogens is 3. The highest BCUT2D eigenvalue weighted by molar-refractivity contribution is 14.0. The summed E-state index contributed by atoms with van der Waals surface area (Å²) in [6, 6.07) is 8.50. The van der Waals surface area contributed by atoms with Gasteiger partial charge in [0, 0.05) is 18.2 Å². The normalized spacial score (nSPS) is 11.4. The van der Waals surface area contributed by atoms with Crippen molar-refractivity contribution >= 4 is 29.9 Å². The molecule has 9 heteroatoms. The molecule has 2 rings (SSSR count). The summed E-state index contributed by atoms with van der Waals surface area (Å²) in [6.45, 7) is 4.43. The zero-order valence-corrected chi connectivity index (χ0v) is 17.9. The predicted molar refractivity (Wildman–Crippen MR) is 111 cm³/mol. The van der Waals surface area contributed by atoms with E-state index in [-0.39, 0.29) is 36.3 Å². The molecule has 2 N–H and O–H groups in total.